The van der Waals surface area contributed by atoms with Gasteiger partial charge in [-0.25, -0.2) is 0 Å². The number of Topliss-reactive ketones (excluding diaryl/α,β-unsaturated/α-hetero) is 1. The summed E-state index contributed by atoms with van der Waals surface area (Å²) in [6.45, 7) is 4.53. The average molecular weight is 407 g/mol. The molecule has 27 heavy (non-hydrogen) atoms. The van der Waals surface area contributed by atoms with Crippen LogP contribution in [0.1, 0.15) is 44.7 Å². The van der Waals surface area contributed by atoms with E-state index in [1.165, 1.54) is 7.11 Å². The number of methoxy groups -OCH3 is 1. The van der Waals surface area contributed by atoms with Crippen molar-refractivity contribution >= 4 is 40.7 Å². The minimum Gasteiger partial charge on any atom is -0.469 e. The molecule has 1 aromatic carbocycles. The van der Waals surface area contributed by atoms with Crippen LogP contribution >= 0.6 is 23.8 Å². The van der Waals surface area contributed by atoms with Crippen LogP contribution in [0.4, 0.5) is 0 Å². The molecule has 0 saturated carbocycles. The van der Waals surface area contributed by atoms with Crippen LogP contribution in [0.15, 0.2) is 35.5 Å². The number of rotatable bonds is 4. The summed E-state index contributed by atoms with van der Waals surface area (Å²) in [5, 5.41) is 4.39. The van der Waals surface area contributed by atoms with E-state index in [0.29, 0.717) is 23.1 Å². The van der Waals surface area contributed by atoms with Gasteiger partial charge in [0.15, 0.2) is 10.9 Å². The molecule has 0 aromatic heterocycles. The second-order valence-electron chi connectivity index (χ2n) is 7.74. The molecule has 0 bridgehead atoms. The highest BCUT2D eigenvalue weighted by Gasteiger charge is 2.42. The largest absolute Gasteiger partial charge is 0.469 e. The number of halogens is 1. The molecule has 0 saturated heterocycles. The predicted molar refractivity (Wildman–Crippen MR) is 108 cm³/mol. The molecule has 1 unspecified atom stereocenters. The molecule has 0 fully saturated rings. The second kappa shape index (κ2) is 7.60. The Hall–Kier alpha value is -1.92. The zero-order chi connectivity index (χ0) is 19.8. The molecule has 1 N–H and O–H groups in total. The maximum absolute atomic E-state index is 13.1. The summed E-state index contributed by atoms with van der Waals surface area (Å²) in [6, 6.07) is 7.09. The van der Waals surface area contributed by atoms with Gasteiger partial charge in [0, 0.05) is 29.3 Å². The first-order valence-electron chi connectivity index (χ1n) is 8.88. The number of carbonyl (C=O) groups excluding carboxylic acids is 2. The van der Waals surface area contributed by atoms with Crippen LogP contribution in [0.2, 0.25) is 5.02 Å². The summed E-state index contributed by atoms with van der Waals surface area (Å²) in [7, 11) is 1.36. The van der Waals surface area contributed by atoms with Gasteiger partial charge in [0.25, 0.3) is 0 Å². The SMILES string of the molecule is COC(=O)CCN1C(=S)NC2=C(C(=O)CC(C)(C)C2)C1c1ccc(Cl)cc1. The molecule has 5 nitrogen and oxygen atoms in total. The lowest BCUT2D eigenvalue weighted by molar-refractivity contribution is -0.140. The van der Waals surface area contributed by atoms with E-state index in [9.17, 15) is 9.59 Å². The molecule has 1 aliphatic heterocycles. The van der Waals surface area contributed by atoms with Crippen molar-refractivity contribution in [2.24, 2.45) is 5.41 Å². The zero-order valence-electron chi connectivity index (χ0n) is 15.7. The van der Waals surface area contributed by atoms with Crippen LogP contribution in [0.3, 0.4) is 0 Å². The number of allylic oxidation sites excluding steroid dienone is 1. The van der Waals surface area contributed by atoms with E-state index < -0.39 is 0 Å². The van der Waals surface area contributed by atoms with Gasteiger partial charge < -0.3 is 15.0 Å². The molecule has 0 radical (unpaired) electrons. The van der Waals surface area contributed by atoms with E-state index in [4.69, 9.17) is 28.6 Å². The van der Waals surface area contributed by atoms with Crippen molar-refractivity contribution in [1.29, 1.82) is 0 Å². The quantitative estimate of drug-likeness (QED) is 0.606. The number of nitrogens with one attached hydrogen (secondary N) is 1. The van der Waals surface area contributed by atoms with Gasteiger partial charge >= 0.3 is 5.97 Å². The van der Waals surface area contributed by atoms with Gasteiger partial charge in [-0.1, -0.05) is 37.6 Å². The lowest BCUT2D eigenvalue weighted by Gasteiger charge is -2.45. The number of carbonyl (C=O) groups is 2. The van der Waals surface area contributed by atoms with Crippen LogP contribution < -0.4 is 5.32 Å². The topological polar surface area (TPSA) is 58.6 Å². The lowest BCUT2D eigenvalue weighted by Crippen LogP contribution is -2.51. The smallest absolute Gasteiger partial charge is 0.307 e. The summed E-state index contributed by atoms with van der Waals surface area (Å²) in [6.07, 6.45) is 1.42. The number of ether oxygens (including phenoxy) is 1. The molecule has 1 aliphatic carbocycles. The van der Waals surface area contributed by atoms with Crippen LogP contribution in [0.5, 0.6) is 0 Å². The fourth-order valence-corrected chi connectivity index (χ4v) is 4.22. The third-order valence-corrected chi connectivity index (χ3v) is 5.58. The number of hydrogen-bond donors (Lipinski definition) is 1. The standard InChI is InChI=1S/C20H23ClN2O3S/c1-20(2)10-14-17(15(24)11-20)18(12-4-6-13(21)7-5-12)23(19(27)22-14)9-8-16(25)26-3/h4-7,18H,8-11H2,1-3H3,(H,22,27). The van der Waals surface area contributed by atoms with Crippen LogP contribution in [0.25, 0.3) is 0 Å². The molecule has 2 aliphatic rings. The molecule has 1 atom stereocenters. The third-order valence-electron chi connectivity index (χ3n) is 4.99. The Morgan fingerprint density at radius 2 is 2.00 bits per heavy atom. The average Bonchev–Trinajstić information content (AvgIpc) is 2.59. The molecule has 0 amide bonds. The number of benzene rings is 1. The van der Waals surface area contributed by atoms with E-state index in [-0.39, 0.29) is 29.6 Å². The Morgan fingerprint density at radius 3 is 2.63 bits per heavy atom. The van der Waals surface area contributed by atoms with E-state index in [0.717, 1.165) is 23.3 Å². The van der Waals surface area contributed by atoms with Crippen molar-refractivity contribution in [2.45, 2.75) is 39.2 Å². The highest BCUT2D eigenvalue weighted by molar-refractivity contribution is 7.80. The van der Waals surface area contributed by atoms with E-state index in [1.807, 2.05) is 17.0 Å². The van der Waals surface area contributed by atoms with Crippen LogP contribution in [-0.2, 0) is 14.3 Å². The fraction of sp³-hybridized carbons (Fsp3) is 0.450. The molecule has 144 valence electrons. The number of nitrogens with zero attached hydrogens (tertiary/aromatic N) is 1. The molecule has 1 heterocycles. The molecular formula is C20H23ClN2O3S. The summed E-state index contributed by atoms with van der Waals surface area (Å²) >= 11 is 11.6. The second-order valence-corrected chi connectivity index (χ2v) is 8.56. The van der Waals surface area contributed by atoms with Gasteiger partial charge in [0.1, 0.15) is 0 Å². The number of ketones is 1. The van der Waals surface area contributed by atoms with Crippen molar-refractivity contribution < 1.29 is 14.3 Å². The van der Waals surface area contributed by atoms with Crippen molar-refractivity contribution in [3.8, 4) is 0 Å². The van der Waals surface area contributed by atoms with Gasteiger partial charge in [-0.2, -0.15) is 0 Å². The predicted octanol–water partition coefficient (Wildman–Crippen LogP) is 3.78. The first kappa shape index (κ1) is 19.8. The summed E-state index contributed by atoms with van der Waals surface area (Å²) in [4.78, 5) is 26.6. The number of thiocarbonyl (C=S) groups is 1. The van der Waals surface area contributed by atoms with Gasteiger partial charge in [-0.15, -0.1) is 0 Å². The first-order chi connectivity index (χ1) is 12.7. The molecule has 1 aromatic rings. The number of hydrogen-bond acceptors (Lipinski definition) is 4. The fourth-order valence-electron chi connectivity index (χ4n) is 3.77. The minimum atomic E-state index is -0.334. The Morgan fingerprint density at radius 1 is 1.33 bits per heavy atom. The Labute approximate surface area is 169 Å². The Balaban J connectivity index is 2.05. The van der Waals surface area contributed by atoms with Gasteiger partial charge in [-0.3, -0.25) is 9.59 Å². The zero-order valence-corrected chi connectivity index (χ0v) is 17.2. The van der Waals surface area contributed by atoms with Gasteiger partial charge in [0.2, 0.25) is 0 Å². The number of esters is 1. The maximum atomic E-state index is 13.1. The Bertz CT molecular complexity index is 817. The monoisotopic (exact) mass is 406 g/mol. The van der Waals surface area contributed by atoms with Crippen LogP contribution in [0, 0.1) is 5.41 Å². The first-order valence-corrected chi connectivity index (χ1v) is 9.66. The molecule has 3 rings (SSSR count). The minimum absolute atomic E-state index is 0.110. The summed E-state index contributed by atoms with van der Waals surface area (Å²) in [5.41, 5.74) is 2.43. The lowest BCUT2D eigenvalue weighted by atomic mass is 9.72. The maximum Gasteiger partial charge on any atom is 0.307 e. The normalized spacial score (nSPS) is 21.6. The van der Waals surface area contributed by atoms with Crippen molar-refractivity contribution in [3.63, 3.8) is 0 Å². The highest BCUT2D eigenvalue weighted by atomic mass is 35.5. The van der Waals surface area contributed by atoms with E-state index in [2.05, 4.69) is 19.2 Å². The van der Waals surface area contributed by atoms with Gasteiger partial charge in [0.05, 0.1) is 19.6 Å². The van der Waals surface area contributed by atoms with Crippen molar-refractivity contribution in [2.75, 3.05) is 13.7 Å². The van der Waals surface area contributed by atoms with Gasteiger partial charge in [-0.05, 0) is 41.7 Å². The van der Waals surface area contributed by atoms with E-state index >= 15 is 0 Å². The van der Waals surface area contributed by atoms with Crippen LogP contribution in [-0.4, -0.2) is 35.4 Å². The molecular weight excluding hydrogens is 384 g/mol. The summed E-state index contributed by atoms with van der Waals surface area (Å²) in [5.74, 6) is -0.206. The highest BCUT2D eigenvalue weighted by Crippen LogP contribution is 2.44. The summed E-state index contributed by atoms with van der Waals surface area (Å²) < 4.78 is 4.76. The molecule has 0 spiro atoms. The third kappa shape index (κ3) is 4.17. The van der Waals surface area contributed by atoms with Crippen molar-refractivity contribution in [1.82, 2.24) is 10.2 Å². The van der Waals surface area contributed by atoms with E-state index in [1.54, 1.807) is 12.1 Å². The molecule has 7 heteroatoms. The van der Waals surface area contributed by atoms with Crippen molar-refractivity contribution in [3.05, 3.63) is 46.1 Å². The Kier molecular flexibility index (Phi) is 5.58.